The Labute approximate surface area is 65.0 Å². The van der Waals surface area contributed by atoms with Gasteiger partial charge in [0.05, 0.1) is 0 Å². The molecule has 0 radical (unpaired) electrons. The number of urea groups is 1. The number of hydrogen-bond acceptors (Lipinski definition) is 2. The summed E-state index contributed by atoms with van der Waals surface area (Å²) in [5.41, 5.74) is 0.236. The number of aliphatic imine (C=N–C) groups is 1. The largest absolute Gasteiger partial charge is 0.348 e. The number of hydrogen-bond donors (Lipinski definition) is 1. The molecule has 60 valence electrons. The lowest BCUT2D eigenvalue weighted by molar-refractivity contribution is -0.113. The molecule has 0 aromatic heterocycles. The molecule has 4 heteroatoms. The molecule has 0 spiro atoms. The van der Waals surface area contributed by atoms with Gasteiger partial charge in [-0.05, 0) is 0 Å². The molecule has 0 aliphatic carbocycles. The van der Waals surface area contributed by atoms with Gasteiger partial charge in [0.25, 0.3) is 5.91 Å². The quantitative estimate of drug-likeness (QED) is 0.600. The van der Waals surface area contributed by atoms with Gasteiger partial charge in [0.2, 0.25) is 0 Å². The highest BCUT2D eigenvalue weighted by atomic mass is 16.2. The first kappa shape index (κ1) is 9.55. The molecule has 3 amide bonds. The fraction of sp³-hybridized carbons (Fsp3) is 0.286. The van der Waals surface area contributed by atoms with E-state index in [4.69, 9.17) is 0 Å². The third-order valence-electron chi connectivity index (χ3n) is 1.06. The Kier molecular flexibility index (Phi) is 3.17. The van der Waals surface area contributed by atoms with Crippen LogP contribution >= 0.6 is 0 Å². The number of nitrogens with zero attached hydrogens (tertiary/aromatic N) is 1. The minimum atomic E-state index is -0.582. The molecule has 0 saturated heterocycles. The van der Waals surface area contributed by atoms with Crippen LogP contribution in [0, 0.1) is 0 Å². The van der Waals surface area contributed by atoms with Crippen molar-refractivity contribution < 1.29 is 9.59 Å². The van der Waals surface area contributed by atoms with Gasteiger partial charge in [0, 0.05) is 6.42 Å². The first-order valence-electron chi connectivity index (χ1n) is 2.78. The minimum absolute atomic E-state index is 0. The summed E-state index contributed by atoms with van der Waals surface area (Å²) in [4.78, 5) is 24.5. The van der Waals surface area contributed by atoms with Gasteiger partial charge in [-0.1, -0.05) is 13.5 Å². The molecule has 1 N–H and O–H groups in total. The van der Waals surface area contributed by atoms with Crippen LogP contribution in [0.2, 0.25) is 0 Å². The number of carbonyl (C=O) groups excluding carboxylic acids is 2. The van der Waals surface area contributed by atoms with Crippen LogP contribution < -0.4 is 5.32 Å². The minimum Gasteiger partial charge on any atom is -0.271 e. The fourth-order valence-electron chi connectivity index (χ4n) is 0.646. The molecule has 0 atom stereocenters. The molecule has 0 saturated carbocycles. The Hall–Kier alpha value is -1.45. The lowest BCUT2D eigenvalue weighted by Gasteiger charge is -1.87. The van der Waals surface area contributed by atoms with Crippen LogP contribution in [0.25, 0.3) is 0 Å². The maximum atomic E-state index is 10.7. The van der Waals surface area contributed by atoms with Crippen molar-refractivity contribution in [1.29, 1.82) is 0 Å². The standard InChI is InChI=1S/C6H6N2O2.CH4/c1-2-3-4-5(9)8-6(10)7-4;/h2H,1,3H2,(H,8,9,10);1H4. The Morgan fingerprint density at radius 1 is 1.55 bits per heavy atom. The monoisotopic (exact) mass is 154 g/mol. The first-order chi connectivity index (χ1) is 4.74. The third kappa shape index (κ3) is 2.00. The average Bonchev–Trinajstić information content (AvgIpc) is 2.13. The second-order valence-electron chi connectivity index (χ2n) is 1.81. The zero-order chi connectivity index (χ0) is 7.56. The fourth-order valence-corrected chi connectivity index (χ4v) is 0.646. The van der Waals surface area contributed by atoms with E-state index < -0.39 is 11.9 Å². The molecule has 1 heterocycles. The van der Waals surface area contributed by atoms with Gasteiger partial charge in [-0.15, -0.1) is 6.58 Å². The molecular weight excluding hydrogens is 144 g/mol. The van der Waals surface area contributed by atoms with Crippen molar-refractivity contribution in [3.63, 3.8) is 0 Å². The molecule has 1 aliphatic heterocycles. The van der Waals surface area contributed by atoms with Gasteiger partial charge in [-0.25, -0.2) is 4.79 Å². The maximum Gasteiger partial charge on any atom is 0.348 e. The van der Waals surface area contributed by atoms with Gasteiger partial charge >= 0.3 is 6.03 Å². The van der Waals surface area contributed by atoms with Crippen LogP contribution in [-0.4, -0.2) is 17.6 Å². The van der Waals surface area contributed by atoms with E-state index >= 15 is 0 Å². The lowest BCUT2D eigenvalue weighted by Crippen LogP contribution is -2.24. The summed E-state index contributed by atoms with van der Waals surface area (Å²) in [5.74, 6) is -0.412. The van der Waals surface area contributed by atoms with Gasteiger partial charge in [0.1, 0.15) is 5.71 Å². The van der Waals surface area contributed by atoms with E-state index in [9.17, 15) is 9.59 Å². The number of imide groups is 1. The van der Waals surface area contributed by atoms with Crippen LogP contribution in [0.15, 0.2) is 17.6 Å². The molecule has 0 aromatic rings. The van der Waals surface area contributed by atoms with Gasteiger partial charge in [-0.3, -0.25) is 10.1 Å². The van der Waals surface area contributed by atoms with Crippen molar-refractivity contribution in [1.82, 2.24) is 5.32 Å². The van der Waals surface area contributed by atoms with E-state index in [1.165, 1.54) is 6.08 Å². The smallest absolute Gasteiger partial charge is 0.271 e. The summed E-state index contributed by atoms with van der Waals surface area (Å²) in [6.45, 7) is 3.41. The van der Waals surface area contributed by atoms with Crippen LogP contribution in [-0.2, 0) is 4.79 Å². The van der Waals surface area contributed by atoms with E-state index in [2.05, 4.69) is 11.6 Å². The summed E-state index contributed by atoms with van der Waals surface area (Å²) in [5, 5.41) is 2.02. The average molecular weight is 154 g/mol. The van der Waals surface area contributed by atoms with Gasteiger partial charge in [0.15, 0.2) is 0 Å². The maximum absolute atomic E-state index is 10.7. The topological polar surface area (TPSA) is 58.5 Å². The highest BCUT2D eigenvalue weighted by Crippen LogP contribution is 1.96. The third-order valence-corrected chi connectivity index (χ3v) is 1.06. The Morgan fingerprint density at radius 2 is 2.18 bits per heavy atom. The van der Waals surface area contributed by atoms with Gasteiger partial charge in [-0.2, -0.15) is 4.99 Å². The van der Waals surface area contributed by atoms with Crippen LogP contribution in [0.3, 0.4) is 0 Å². The summed E-state index contributed by atoms with van der Waals surface area (Å²) in [7, 11) is 0. The van der Waals surface area contributed by atoms with E-state index in [-0.39, 0.29) is 13.1 Å². The normalized spacial score (nSPS) is 15.1. The van der Waals surface area contributed by atoms with Gasteiger partial charge < -0.3 is 0 Å². The molecule has 4 nitrogen and oxygen atoms in total. The van der Waals surface area contributed by atoms with Crippen molar-refractivity contribution in [3.05, 3.63) is 12.7 Å². The number of carbonyl (C=O) groups is 2. The van der Waals surface area contributed by atoms with E-state index in [0.29, 0.717) is 6.42 Å². The molecule has 1 aliphatic rings. The summed E-state index contributed by atoms with van der Waals surface area (Å²) < 4.78 is 0. The molecule has 0 bridgehead atoms. The zero-order valence-corrected chi connectivity index (χ0v) is 5.26. The second-order valence-corrected chi connectivity index (χ2v) is 1.81. The van der Waals surface area contributed by atoms with E-state index in [1.54, 1.807) is 0 Å². The summed E-state index contributed by atoms with van der Waals surface area (Å²) >= 11 is 0. The van der Waals surface area contributed by atoms with E-state index in [0.717, 1.165) is 0 Å². The predicted octanol–water partition coefficient (Wildman–Crippen LogP) is 0.889. The molecule has 0 aromatic carbocycles. The molecule has 11 heavy (non-hydrogen) atoms. The Bertz CT molecular complexity index is 231. The number of rotatable bonds is 2. The van der Waals surface area contributed by atoms with Crippen molar-refractivity contribution in [2.45, 2.75) is 13.8 Å². The second kappa shape index (κ2) is 3.65. The van der Waals surface area contributed by atoms with Crippen LogP contribution in [0.1, 0.15) is 13.8 Å². The summed E-state index contributed by atoms with van der Waals surface area (Å²) in [6, 6.07) is -0.582. The van der Waals surface area contributed by atoms with Crippen molar-refractivity contribution >= 4 is 17.6 Å². The molecule has 1 rings (SSSR count). The molecular formula is C7H10N2O2. The number of amides is 3. The lowest BCUT2D eigenvalue weighted by atomic mass is 10.2. The molecule has 0 fully saturated rings. The highest BCUT2D eigenvalue weighted by Gasteiger charge is 2.20. The van der Waals surface area contributed by atoms with Crippen molar-refractivity contribution in [2.24, 2.45) is 4.99 Å². The van der Waals surface area contributed by atoms with Crippen LogP contribution in [0.4, 0.5) is 4.79 Å². The van der Waals surface area contributed by atoms with Crippen LogP contribution in [0.5, 0.6) is 0 Å². The van der Waals surface area contributed by atoms with Crippen molar-refractivity contribution in [2.75, 3.05) is 0 Å². The van der Waals surface area contributed by atoms with E-state index in [1.807, 2.05) is 5.32 Å². The predicted molar refractivity (Wildman–Crippen MR) is 42.5 cm³/mol. The Balaban J connectivity index is 0.000001000. The first-order valence-corrected chi connectivity index (χ1v) is 2.78. The number of allylic oxidation sites excluding steroid dienone is 1. The zero-order valence-electron chi connectivity index (χ0n) is 5.26. The summed E-state index contributed by atoms with van der Waals surface area (Å²) in [6.07, 6.45) is 1.87. The SMILES string of the molecule is C.C=CCC1=NC(=O)NC1=O. The number of nitrogens with one attached hydrogen (secondary N) is 1. The molecule has 0 unspecified atom stereocenters. The Morgan fingerprint density at radius 3 is 2.55 bits per heavy atom. The highest BCUT2D eigenvalue weighted by molar-refractivity contribution is 6.46. The van der Waals surface area contributed by atoms with Crippen molar-refractivity contribution in [3.8, 4) is 0 Å².